The highest BCUT2D eigenvalue weighted by Gasteiger charge is 2.08. The largest absolute Gasteiger partial charge is 0.462 e. The topological polar surface area (TPSA) is 26.3 Å². The number of rotatable bonds is 5. The number of hydrogen-bond donors (Lipinski definition) is 0. The fraction of sp³-hybridized carbons (Fsp3) is 0.857. The molecule has 0 aliphatic carbocycles. The van der Waals surface area contributed by atoms with Crippen molar-refractivity contribution in [3.8, 4) is 0 Å². The van der Waals surface area contributed by atoms with Gasteiger partial charge >= 0.3 is 5.97 Å². The van der Waals surface area contributed by atoms with Crippen LogP contribution in [0.1, 0.15) is 19.8 Å². The minimum Gasteiger partial charge on any atom is -0.462 e. The number of esters is 1. The van der Waals surface area contributed by atoms with Crippen LogP contribution in [0.15, 0.2) is 0 Å². The summed E-state index contributed by atoms with van der Waals surface area (Å²) in [6.07, 6.45) is 1.98. The lowest BCUT2D eigenvalue weighted by atomic mass is 10.2. The van der Waals surface area contributed by atoms with Gasteiger partial charge in [0.05, 0.1) is 0 Å². The Balaban J connectivity index is 3.49. The second-order valence-corrected chi connectivity index (χ2v) is 3.66. The van der Waals surface area contributed by atoms with Crippen LogP contribution < -0.4 is 0 Å². The summed E-state index contributed by atoms with van der Waals surface area (Å²) in [6.45, 7) is 1.43. The average Bonchev–Trinajstić information content (AvgIpc) is 1.97. The van der Waals surface area contributed by atoms with Crippen LogP contribution >= 0.6 is 31.9 Å². The van der Waals surface area contributed by atoms with E-state index in [9.17, 15) is 4.79 Å². The number of alkyl halides is 2. The van der Waals surface area contributed by atoms with E-state index in [4.69, 9.17) is 4.74 Å². The minimum absolute atomic E-state index is 0.0325. The fourth-order valence-electron chi connectivity index (χ4n) is 0.707. The molecule has 0 radical (unpaired) electrons. The van der Waals surface area contributed by atoms with Crippen LogP contribution in [0.3, 0.4) is 0 Å². The zero-order chi connectivity index (χ0) is 8.69. The third-order valence-corrected chi connectivity index (χ3v) is 2.45. The molecule has 0 fully saturated rings. The Morgan fingerprint density at radius 1 is 1.55 bits per heavy atom. The third-order valence-electron chi connectivity index (χ3n) is 1.16. The van der Waals surface area contributed by atoms with E-state index in [1.807, 2.05) is 0 Å². The zero-order valence-electron chi connectivity index (χ0n) is 6.48. The normalized spacial score (nSPS) is 12.6. The lowest BCUT2D eigenvalue weighted by molar-refractivity contribution is -0.145. The van der Waals surface area contributed by atoms with Crippen LogP contribution in [0.25, 0.3) is 0 Å². The van der Waals surface area contributed by atoms with E-state index in [2.05, 4.69) is 31.9 Å². The summed E-state index contributed by atoms with van der Waals surface area (Å²) in [6, 6.07) is 0. The van der Waals surface area contributed by atoms with Crippen molar-refractivity contribution in [2.24, 2.45) is 0 Å². The van der Waals surface area contributed by atoms with Gasteiger partial charge in [0.2, 0.25) is 0 Å². The summed E-state index contributed by atoms with van der Waals surface area (Å²) in [5.74, 6) is -0.205. The van der Waals surface area contributed by atoms with Crippen LogP contribution in [-0.4, -0.2) is 22.7 Å². The summed E-state index contributed by atoms with van der Waals surface area (Å²) in [4.78, 5) is 10.5. The van der Waals surface area contributed by atoms with Crippen molar-refractivity contribution in [3.63, 3.8) is 0 Å². The molecule has 66 valence electrons. The SMILES string of the molecule is CC(=O)O[C@H](CBr)CCCBr. The maximum atomic E-state index is 10.5. The van der Waals surface area contributed by atoms with Gasteiger partial charge in [-0.2, -0.15) is 0 Å². The molecular formula is C7H12Br2O2. The molecule has 0 aromatic carbocycles. The van der Waals surface area contributed by atoms with E-state index in [-0.39, 0.29) is 12.1 Å². The van der Waals surface area contributed by atoms with E-state index in [0.717, 1.165) is 23.5 Å². The lowest BCUT2D eigenvalue weighted by Gasteiger charge is -2.12. The highest BCUT2D eigenvalue weighted by Crippen LogP contribution is 2.07. The van der Waals surface area contributed by atoms with Gasteiger partial charge in [-0.3, -0.25) is 4.79 Å². The molecule has 0 saturated heterocycles. The molecule has 0 N–H and O–H groups in total. The summed E-state index contributed by atoms with van der Waals surface area (Å²) in [5.41, 5.74) is 0. The first-order valence-electron chi connectivity index (χ1n) is 3.49. The van der Waals surface area contributed by atoms with Gasteiger partial charge in [-0.05, 0) is 12.8 Å². The Bertz CT molecular complexity index is 117. The van der Waals surface area contributed by atoms with Crippen LogP contribution in [0.2, 0.25) is 0 Å². The first kappa shape index (κ1) is 11.4. The predicted octanol–water partition coefficient (Wildman–Crippen LogP) is 2.49. The number of halogens is 2. The Labute approximate surface area is 83.9 Å². The summed E-state index contributed by atoms with van der Waals surface area (Å²) < 4.78 is 4.99. The molecule has 0 saturated carbocycles. The Morgan fingerprint density at radius 3 is 2.55 bits per heavy atom. The molecule has 4 heteroatoms. The smallest absolute Gasteiger partial charge is 0.302 e. The predicted molar refractivity (Wildman–Crippen MR) is 52.4 cm³/mol. The first-order valence-corrected chi connectivity index (χ1v) is 5.74. The van der Waals surface area contributed by atoms with Crippen LogP contribution in [0.4, 0.5) is 0 Å². The maximum Gasteiger partial charge on any atom is 0.302 e. The molecule has 0 rings (SSSR count). The van der Waals surface area contributed by atoms with Crippen LogP contribution in [0.5, 0.6) is 0 Å². The number of carbonyl (C=O) groups excluding carboxylic acids is 1. The molecule has 0 aromatic rings. The van der Waals surface area contributed by atoms with Gasteiger partial charge in [-0.25, -0.2) is 0 Å². The number of ether oxygens (including phenoxy) is 1. The maximum absolute atomic E-state index is 10.5. The van der Waals surface area contributed by atoms with Gasteiger partial charge in [0.15, 0.2) is 0 Å². The Kier molecular flexibility index (Phi) is 7.38. The van der Waals surface area contributed by atoms with Crippen LogP contribution in [0, 0.1) is 0 Å². The second-order valence-electron chi connectivity index (χ2n) is 2.22. The van der Waals surface area contributed by atoms with Gasteiger partial charge < -0.3 is 4.74 Å². The lowest BCUT2D eigenvalue weighted by Crippen LogP contribution is -2.17. The molecule has 11 heavy (non-hydrogen) atoms. The summed E-state index contributed by atoms with van der Waals surface area (Å²) >= 11 is 6.60. The van der Waals surface area contributed by atoms with Crippen molar-refractivity contribution in [2.75, 3.05) is 10.7 Å². The van der Waals surface area contributed by atoms with Crippen molar-refractivity contribution in [1.29, 1.82) is 0 Å². The molecular weight excluding hydrogens is 276 g/mol. The van der Waals surface area contributed by atoms with E-state index in [1.165, 1.54) is 6.92 Å². The molecule has 0 amide bonds. The van der Waals surface area contributed by atoms with Crippen molar-refractivity contribution >= 4 is 37.8 Å². The van der Waals surface area contributed by atoms with Gasteiger partial charge in [0, 0.05) is 17.6 Å². The molecule has 0 bridgehead atoms. The highest BCUT2D eigenvalue weighted by atomic mass is 79.9. The van der Waals surface area contributed by atoms with Crippen molar-refractivity contribution < 1.29 is 9.53 Å². The molecule has 0 heterocycles. The number of carbonyl (C=O) groups is 1. The zero-order valence-corrected chi connectivity index (χ0v) is 9.65. The molecule has 0 unspecified atom stereocenters. The van der Waals surface area contributed by atoms with Crippen molar-refractivity contribution in [2.45, 2.75) is 25.9 Å². The van der Waals surface area contributed by atoms with Gasteiger partial charge in [-0.1, -0.05) is 31.9 Å². The van der Waals surface area contributed by atoms with Gasteiger partial charge in [-0.15, -0.1) is 0 Å². The van der Waals surface area contributed by atoms with Gasteiger partial charge in [0.25, 0.3) is 0 Å². The third kappa shape index (κ3) is 6.81. The fourth-order valence-corrected chi connectivity index (χ4v) is 1.49. The standard InChI is InChI=1S/C7H12Br2O2/c1-6(10)11-7(5-9)3-2-4-8/h7H,2-5H2,1H3/t7-/m0/s1. The Hall–Kier alpha value is 0.430. The summed E-state index contributed by atoms with van der Waals surface area (Å²) in [5, 5.41) is 1.68. The van der Waals surface area contributed by atoms with Gasteiger partial charge in [0.1, 0.15) is 6.10 Å². The average molecular weight is 288 g/mol. The first-order chi connectivity index (χ1) is 5.20. The van der Waals surface area contributed by atoms with Crippen LogP contribution in [-0.2, 0) is 9.53 Å². The highest BCUT2D eigenvalue weighted by molar-refractivity contribution is 9.09. The van der Waals surface area contributed by atoms with E-state index >= 15 is 0 Å². The monoisotopic (exact) mass is 286 g/mol. The quantitative estimate of drug-likeness (QED) is 0.574. The minimum atomic E-state index is -0.205. The second kappa shape index (κ2) is 7.10. The molecule has 1 atom stereocenters. The van der Waals surface area contributed by atoms with Crippen molar-refractivity contribution in [1.82, 2.24) is 0 Å². The van der Waals surface area contributed by atoms with E-state index < -0.39 is 0 Å². The molecule has 0 spiro atoms. The Morgan fingerprint density at radius 2 is 2.18 bits per heavy atom. The van der Waals surface area contributed by atoms with E-state index in [1.54, 1.807) is 0 Å². The number of hydrogen-bond acceptors (Lipinski definition) is 2. The molecule has 2 nitrogen and oxygen atoms in total. The molecule has 0 aliphatic heterocycles. The molecule has 0 aliphatic rings. The molecule has 0 aromatic heterocycles. The van der Waals surface area contributed by atoms with Crippen molar-refractivity contribution in [3.05, 3.63) is 0 Å². The summed E-state index contributed by atoms with van der Waals surface area (Å²) in [7, 11) is 0. The van der Waals surface area contributed by atoms with E-state index in [0.29, 0.717) is 0 Å².